The lowest BCUT2D eigenvalue weighted by Gasteiger charge is -2.35. The maximum Gasteiger partial charge on any atom is 0.203 e. The van der Waals surface area contributed by atoms with Crippen molar-refractivity contribution in [3.05, 3.63) is 40.5 Å². The van der Waals surface area contributed by atoms with Crippen molar-refractivity contribution < 1.29 is 14.2 Å². The summed E-state index contributed by atoms with van der Waals surface area (Å²) in [4.78, 5) is 8.87. The Hall–Kier alpha value is -2.69. The molecule has 1 fully saturated rings. The van der Waals surface area contributed by atoms with Gasteiger partial charge in [-0.1, -0.05) is 17.7 Å². The van der Waals surface area contributed by atoms with Crippen molar-refractivity contribution in [3.63, 3.8) is 0 Å². The van der Waals surface area contributed by atoms with E-state index in [9.17, 15) is 0 Å². The van der Waals surface area contributed by atoms with E-state index >= 15 is 0 Å². The van der Waals surface area contributed by atoms with Gasteiger partial charge in [0.2, 0.25) is 5.75 Å². The van der Waals surface area contributed by atoms with Crippen LogP contribution in [-0.4, -0.2) is 57.4 Å². The van der Waals surface area contributed by atoms with Crippen LogP contribution in [0, 0.1) is 11.3 Å². The summed E-state index contributed by atoms with van der Waals surface area (Å²) >= 11 is 5.98. The van der Waals surface area contributed by atoms with E-state index in [0.29, 0.717) is 22.3 Å². The van der Waals surface area contributed by atoms with Gasteiger partial charge in [0.1, 0.15) is 11.9 Å². The molecule has 2 aromatic rings. The maximum absolute atomic E-state index is 9.12. The smallest absolute Gasteiger partial charge is 0.203 e. The number of piperazine rings is 1. The fourth-order valence-electron chi connectivity index (χ4n) is 3.35. The fraction of sp³-hybridized carbons (Fsp3) is 0.400. The van der Waals surface area contributed by atoms with Crippen LogP contribution in [0.25, 0.3) is 0 Å². The number of hydrogen-bond donors (Lipinski definition) is 0. The normalized spacial score (nSPS) is 14.5. The van der Waals surface area contributed by atoms with Gasteiger partial charge in [-0.05, 0) is 18.2 Å². The second-order valence-corrected chi connectivity index (χ2v) is 6.78. The predicted molar refractivity (Wildman–Crippen MR) is 108 cm³/mol. The number of nitrogens with zero attached hydrogens (tertiary/aromatic N) is 4. The van der Waals surface area contributed by atoms with Crippen LogP contribution in [0.4, 0.5) is 5.82 Å². The van der Waals surface area contributed by atoms with Gasteiger partial charge in [-0.2, -0.15) is 5.26 Å². The number of hydrogen-bond acceptors (Lipinski definition) is 7. The summed E-state index contributed by atoms with van der Waals surface area (Å²) in [6.07, 6.45) is 0. The minimum atomic E-state index is 0.261. The zero-order valence-electron chi connectivity index (χ0n) is 16.2. The first kappa shape index (κ1) is 20.1. The average Bonchev–Trinajstić information content (AvgIpc) is 2.74. The van der Waals surface area contributed by atoms with Crippen LogP contribution in [0.3, 0.4) is 0 Å². The quantitative estimate of drug-likeness (QED) is 0.735. The third kappa shape index (κ3) is 4.08. The Kier molecular flexibility index (Phi) is 6.45. The van der Waals surface area contributed by atoms with Crippen LogP contribution < -0.4 is 19.1 Å². The second kappa shape index (κ2) is 9.00. The molecule has 7 nitrogen and oxygen atoms in total. The molecular weight excluding hydrogens is 380 g/mol. The fourth-order valence-corrected chi connectivity index (χ4v) is 3.50. The minimum absolute atomic E-state index is 0.261. The molecule has 0 N–H and O–H groups in total. The molecule has 148 valence electrons. The second-order valence-electron chi connectivity index (χ2n) is 6.37. The molecule has 1 aromatic heterocycles. The molecule has 0 amide bonds. The molecule has 1 aromatic carbocycles. The van der Waals surface area contributed by atoms with Crippen LogP contribution in [-0.2, 0) is 6.54 Å². The van der Waals surface area contributed by atoms with Crippen molar-refractivity contribution in [1.82, 2.24) is 9.88 Å². The zero-order valence-corrected chi connectivity index (χ0v) is 17.0. The van der Waals surface area contributed by atoms with Gasteiger partial charge in [0.15, 0.2) is 17.2 Å². The highest BCUT2D eigenvalue weighted by molar-refractivity contribution is 6.31. The van der Waals surface area contributed by atoms with Crippen molar-refractivity contribution in [2.24, 2.45) is 0 Å². The molecule has 8 heteroatoms. The number of halogens is 1. The molecule has 0 aliphatic carbocycles. The van der Waals surface area contributed by atoms with E-state index in [0.717, 1.165) is 44.1 Å². The molecule has 3 rings (SSSR count). The summed E-state index contributed by atoms with van der Waals surface area (Å²) in [5.74, 6) is 2.73. The third-order valence-corrected chi connectivity index (χ3v) is 5.12. The van der Waals surface area contributed by atoms with E-state index in [1.807, 2.05) is 24.3 Å². The molecule has 2 heterocycles. The highest BCUT2D eigenvalue weighted by Crippen LogP contribution is 2.40. The average molecular weight is 403 g/mol. The van der Waals surface area contributed by atoms with Gasteiger partial charge in [-0.15, -0.1) is 0 Å². The van der Waals surface area contributed by atoms with Crippen molar-refractivity contribution in [1.29, 1.82) is 5.26 Å². The minimum Gasteiger partial charge on any atom is -0.493 e. The standard InChI is InChI=1S/C20H23ClN4O3/c1-26-17-6-4-14(19(27-2)20(17)28-3)13-24-8-10-25(11-9-24)18-7-5-15(21)16(12-22)23-18/h4-7H,8-11,13H2,1-3H3. The molecule has 0 unspecified atom stereocenters. The molecule has 0 saturated carbocycles. The number of benzene rings is 1. The highest BCUT2D eigenvalue weighted by atomic mass is 35.5. The van der Waals surface area contributed by atoms with Crippen molar-refractivity contribution in [2.75, 3.05) is 52.4 Å². The summed E-state index contributed by atoms with van der Waals surface area (Å²) in [6.45, 7) is 4.10. The molecular formula is C20H23ClN4O3. The highest BCUT2D eigenvalue weighted by Gasteiger charge is 2.22. The van der Waals surface area contributed by atoms with E-state index in [1.165, 1.54) is 0 Å². The van der Waals surface area contributed by atoms with Crippen molar-refractivity contribution >= 4 is 17.4 Å². The van der Waals surface area contributed by atoms with E-state index < -0.39 is 0 Å². The van der Waals surface area contributed by atoms with Crippen LogP contribution in [0.5, 0.6) is 17.2 Å². The summed E-state index contributed by atoms with van der Waals surface area (Å²) < 4.78 is 16.4. The van der Waals surface area contributed by atoms with Gasteiger partial charge >= 0.3 is 0 Å². The zero-order chi connectivity index (χ0) is 20.1. The first-order valence-electron chi connectivity index (χ1n) is 8.93. The Morgan fingerprint density at radius 3 is 2.32 bits per heavy atom. The number of anilines is 1. The number of nitriles is 1. The summed E-state index contributed by atoms with van der Waals surface area (Å²) in [5, 5.41) is 9.50. The lowest BCUT2D eigenvalue weighted by atomic mass is 10.1. The lowest BCUT2D eigenvalue weighted by Crippen LogP contribution is -2.46. The first-order chi connectivity index (χ1) is 13.6. The molecule has 0 radical (unpaired) electrons. The monoisotopic (exact) mass is 402 g/mol. The predicted octanol–water partition coefficient (Wildman–Crippen LogP) is 2.95. The Morgan fingerprint density at radius 2 is 1.71 bits per heavy atom. The largest absolute Gasteiger partial charge is 0.493 e. The van der Waals surface area contributed by atoms with Crippen LogP contribution in [0.15, 0.2) is 24.3 Å². The Labute approximate surface area is 170 Å². The Morgan fingerprint density at radius 1 is 1.00 bits per heavy atom. The molecule has 1 aliphatic heterocycles. The van der Waals surface area contributed by atoms with Crippen LogP contribution in [0.1, 0.15) is 11.3 Å². The molecule has 28 heavy (non-hydrogen) atoms. The topological polar surface area (TPSA) is 70.9 Å². The van der Waals surface area contributed by atoms with Gasteiger partial charge in [0.25, 0.3) is 0 Å². The van der Waals surface area contributed by atoms with E-state index in [2.05, 4.69) is 14.8 Å². The summed E-state index contributed by atoms with van der Waals surface area (Å²) in [6, 6.07) is 9.52. The SMILES string of the molecule is COc1ccc(CN2CCN(c3ccc(Cl)c(C#N)n3)CC2)c(OC)c1OC. The van der Waals surface area contributed by atoms with E-state index in [1.54, 1.807) is 27.4 Å². The number of aromatic nitrogens is 1. The lowest BCUT2D eigenvalue weighted by molar-refractivity contribution is 0.243. The third-order valence-electron chi connectivity index (χ3n) is 4.81. The summed E-state index contributed by atoms with van der Waals surface area (Å²) in [7, 11) is 4.86. The van der Waals surface area contributed by atoms with Gasteiger partial charge < -0.3 is 19.1 Å². The first-order valence-corrected chi connectivity index (χ1v) is 9.30. The maximum atomic E-state index is 9.12. The van der Waals surface area contributed by atoms with Crippen molar-refractivity contribution in [2.45, 2.75) is 6.54 Å². The van der Waals surface area contributed by atoms with E-state index in [4.69, 9.17) is 31.1 Å². The van der Waals surface area contributed by atoms with Gasteiger partial charge in [-0.25, -0.2) is 4.98 Å². The molecule has 0 atom stereocenters. The van der Waals surface area contributed by atoms with Gasteiger partial charge in [0.05, 0.1) is 26.4 Å². The summed E-state index contributed by atoms with van der Waals surface area (Å²) in [5.41, 5.74) is 1.31. The Bertz CT molecular complexity index is 876. The van der Waals surface area contributed by atoms with Gasteiger partial charge in [0, 0.05) is 38.3 Å². The molecule has 0 spiro atoms. The van der Waals surface area contributed by atoms with Gasteiger partial charge in [-0.3, -0.25) is 4.90 Å². The van der Waals surface area contributed by atoms with Crippen LogP contribution in [0.2, 0.25) is 5.02 Å². The molecule has 0 bridgehead atoms. The molecule has 1 aliphatic rings. The number of rotatable bonds is 6. The number of ether oxygens (including phenoxy) is 3. The van der Waals surface area contributed by atoms with E-state index in [-0.39, 0.29) is 5.69 Å². The number of methoxy groups -OCH3 is 3. The number of pyridine rings is 1. The molecule has 1 saturated heterocycles. The Balaban J connectivity index is 1.69. The van der Waals surface area contributed by atoms with Crippen LogP contribution >= 0.6 is 11.6 Å². The van der Waals surface area contributed by atoms with Crippen molar-refractivity contribution in [3.8, 4) is 23.3 Å².